The second-order valence-corrected chi connectivity index (χ2v) is 7.78. The highest BCUT2D eigenvalue weighted by Gasteiger charge is 2.44. The van der Waals surface area contributed by atoms with E-state index in [0.717, 1.165) is 63.6 Å². The van der Waals surface area contributed by atoms with Crippen molar-refractivity contribution in [1.29, 1.82) is 0 Å². The number of nitrogens with zero attached hydrogens (tertiary/aromatic N) is 2. The second-order valence-electron chi connectivity index (χ2n) is 7.78. The fourth-order valence-corrected chi connectivity index (χ4v) is 4.49. The molecule has 3 saturated heterocycles. The average molecular weight is 346 g/mol. The van der Waals surface area contributed by atoms with Crippen LogP contribution in [0.5, 0.6) is 0 Å². The molecule has 5 nitrogen and oxygen atoms in total. The molecule has 1 atom stereocenters. The molecule has 3 fully saturated rings. The lowest BCUT2D eigenvalue weighted by Gasteiger charge is -2.43. The lowest BCUT2D eigenvalue weighted by Crippen LogP contribution is -2.49. The van der Waals surface area contributed by atoms with Gasteiger partial charge in [0.05, 0.1) is 30.6 Å². The van der Waals surface area contributed by atoms with Gasteiger partial charge in [0, 0.05) is 44.5 Å². The second kappa shape index (κ2) is 7.70. The van der Waals surface area contributed by atoms with Gasteiger partial charge in [0.25, 0.3) is 0 Å². The zero-order valence-electron chi connectivity index (χ0n) is 15.3. The lowest BCUT2D eigenvalue weighted by atomic mass is 9.87. The summed E-state index contributed by atoms with van der Waals surface area (Å²) >= 11 is 0. The number of rotatable bonds is 4. The van der Waals surface area contributed by atoms with E-state index in [1.807, 2.05) is 25.1 Å². The Kier molecular flexibility index (Phi) is 5.36. The number of aryl methyl sites for hydroxylation is 1. The van der Waals surface area contributed by atoms with Crippen molar-refractivity contribution in [3.63, 3.8) is 0 Å². The van der Waals surface area contributed by atoms with Gasteiger partial charge in [0.2, 0.25) is 0 Å². The van der Waals surface area contributed by atoms with Crippen LogP contribution in [0.15, 0.2) is 18.2 Å². The molecule has 0 aromatic carbocycles. The average Bonchev–Trinajstić information content (AvgIpc) is 3.04. The van der Waals surface area contributed by atoms with Gasteiger partial charge < -0.3 is 14.2 Å². The first-order valence-corrected chi connectivity index (χ1v) is 9.72. The highest BCUT2D eigenvalue weighted by atomic mass is 16.6. The lowest BCUT2D eigenvalue weighted by molar-refractivity contribution is -0.0622. The minimum atomic E-state index is 0.0480. The fourth-order valence-electron chi connectivity index (χ4n) is 4.49. The minimum Gasteiger partial charge on any atom is -0.381 e. The van der Waals surface area contributed by atoms with E-state index in [0.29, 0.717) is 12.6 Å². The van der Waals surface area contributed by atoms with Crippen LogP contribution in [0.25, 0.3) is 0 Å². The van der Waals surface area contributed by atoms with Crippen LogP contribution < -0.4 is 0 Å². The quantitative estimate of drug-likeness (QED) is 0.839. The summed E-state index contributed by atoms with van der Waals surface area (Å²) < 4.78 is 17.8. The molecule has 25 heavy (non-hydrogen) atoms. The van der Waals surface area contributed by atoms with Crippen LogP contribution in [0.4, 0.5) is 0 Å². The van der Waals surface area contributed by atoms with E-state index in [1.165, 1.54) is 12.8 Å². The Balaban J connectivity index is 1.25. The van der Waals surface area contributed by atoms with Gasteiger partial charge in [-0.2, -0.15) is 0 Å². The van der Waals surface area contributed by atoms with Crippen LogP contribution in [0, 0.1) is 6.92 Å². The molecule has 4 heterocycles. The summed E-state index contributed by atoms with van der Waals surface area (Å²) in [4.78, 5) is 7.17. The van der Waals surface area contributed by atoms with E-state index in [-0.39, 0.29) is 11.7 Å². The van der Waals surface area contributed by atoms with Crippen molar-refractivity contribution in [1.82, 2.24) is 9.88 Å². The number of hydrogen-bond acceptors (Lipinski definition) is 5. The molecular formula is C20H30N2O3. The maximum absolute atomic E-state index is 6.25. The summed E-state index contributed by atoms with van der Waals surface area (Å²) in [6.45, 7) is 7.47. The van der Waals surface area contributed by atoms with Gasteiger partial charge in [-0.15, -0.1) is 0 Å². The van der Waals surface area contributed by atoms with Crippen molar-refractivity contribution in [2.24, 2.45) is 0 Å². The fraction of sp³-hybridized carbons (Fsp3) is 0.750. The van der Waals surface area contributed by atoms with Gasteiger partial charge >= 0.3 is 0 Å². The van der Waals surface area contributed by atoms with Crippen LogP contribution >= 0.6 is 0 Å². The van der Waals surface area contributed by atoms with E-state index >= 15 is 0 Å². The smallest absolute Gasteiger partial charge is 0.0892 e. The molecule has 0 radical (unpaired) electrons. The van der Waals surface area contributed by atoms with Crippen molar-refractivity contribution >= 4 is 0 Å². The normalized spacial score (nSPS) is 27.8. The van der Waals surface area contributed by atoms with E-state index in [1.54, 1.807) is 0 Å². The number of hydrogen-bond donors (Lipinski definition) is 0. The molecule has 4 rings (SSSR count). The van der Waals surface area contributed by atoms with Crippen molar-refractivity contribution < 1.29 is 14.2 Å². The van der Waals surface area contributed by atoms with Gasteiger partial charge in [0.15, 0.2) is 0 Å². The predicted octanol–water partition coefficient (Wildman–Crippen LogP) is 2.71. The Morgan fingerprint density at radius 2 is 2.04 bits per heavy atom. The summed E-state index contributed by atoms with van der Waals surface area (Å²) in [5, 5.41) is 0. The van der Waals surface area contributed by atoms with Crippen LogP contribution in [0.2, 0.25) is 0 Å². The molecule has 1 aromatic heterocycles. The molecule has 0 aliphatic carbocycles. The topological polar surface area (TPSA) is 43.8 Å². The first-order valence-electron chi connectivity index (χ1n) is 9.72. The summed E-state index contributed by atoms with van der Waals surface area (Å²) in [5.74, 6) is 0. The molecule has 0 unspecified atom stereocenters. The van der Waals surface area contributed by atoms with E-state index in [4.69, 9.17) is 14.2 Å². The Morgan fingerprint density at radius 3 is 2.80 bits per heavy atom. The van der Waals surface area contributed by atoms with Crippen LogP contribution in [-0.2, 0) is 20.8 Å². The monoisotopic (exact) mass is 346 g/mol. The van der Waals surface area contributed by atoms with Gasteiger partial charge in [-0.3, -0.25) is 9.88 Å². The summed E-state index contributed by atoms with van der Waals surface area (Å²) in [6, 6.07) is 6.81. The van der Waals surface area contributed by atoms with E-state index in [2.05, 4.69) is 9.88 Å². The molecule has 0 bridgehead atoms. The Morgan fingerprint density at radius 1 is 1.24 bits per heavy atom. The number of pyridine rings is 1. The molecule has 1 aromatic rings. The third kappa shape index (κ3) is 4.22. The molecule has 1 spiro atoms. The third-order valence-electron chi connectivity index (χ3n) is 6.00. The SMILES string of the molecule is Cc1cccc(CO[C@H]2COC3(CCN(C4CCOCC4)CC3)C2)n1. The number of piperidine rings is 1. The van der Waals surface area contributed by atoms with Gasteiger partial charge in [-0.1, -0.05) is 6.07 Å². The predicted molar refractivity (Wildman–Crippen MR) is 95.5 cm³/mol. The molecule has 0 saturated carbocycles. The zero-order chi connectivity index (χ0) is 17.1. The van der Waals surface area contributed by atoms with Crippen LogP contribution in [0.3, 0.4) is 0 Å². The summed E-state index contributed by atoms with van der Waals surface area (Å²) in [5.41, 5.74) is 2.10. The van der Waals surface area contributed by atoms with Crippen molar-refractivity contribution in [2.45, 2.75) is 63.4 Å². The number of aromatic nitrogens is 1. The van der Waals surface area contributed by atoms with Crippen LogP contribution in [-0.4, -0.2) is 60.5 Å². The van der Waals surface area contributed by atoms with Crippen LogP contribution in [0.1, 0.15) is 43.5 Å². The standard InChI is InChI=1S/C20H30N2O3/c1-16-3-2-4-17(21-16)14-24-19-13-20(25-15-19)7-9-22(10-8-20)18-5-11-23-12-6-18/h2-4,18-19H,5-15H2,1H3/t19-/m1/s1. The highest BCUT2D eigenvalue weighted by molar-refractivity contribution is 5.09. The maximum atomic E-state index is 6.25. The number of likely N-dealkylation sites (tertiary alicyclic amines) is 1. The van der Waals surface area contributed by atoms with E-state index in [9.17, 15) is 0 Å². The van der Waals surface area contributed by atoms with Crippen molar-refractivity contribution in [3.8, 4) is 0 Å². The minimum absolute atomic E-state index is 0.0480. The third-order valence-corrected chi connectivity index (χ3v) is 6.00. The zero-order valence-corrected chi connectivity index (χ0v) is 15.3. The van der Waals surface area contributed by atoms with Gasteiger partial charge in [0.1, 0.15) is 0 Å². The maximum Gasteiger partial charge on any atom is 0.0892 e. The number of ether oxygens (including phenoxy) is 3. The van der Waals surface area contributed by atoms with Crippen molar-refractivity contribution in [3.05, 3.63) is 29.6 Å². The first kappa shape index (κ1) is 17.4. The van der Waals surface area contributed by atoms with Gasteiger partial charge in [-0.25, -0.2) is 0 Å². The Labute approximate surface area is 150 Å². The molecule has 3 aliphatic rings. The molecule has 5 heteroatoms. The van der Waals surface area contributed by atoms with Gasteiger partial charge in [-0.05, 0) is 44.7 Å². The highest BCUT2D eigenvalue weighted by Crippen LogP contribution is 2.38. The largest absolute Gasteiger partial charge is 0.381 e. The Hall–Kier alpha value is -1.01. The van der Waals surface area contributed by atoms with Crippen molar-refractivity contribution in [2.75, 3.05) is 32.9 Å². The molecule has 3 aliphatic heterocycles. The van der Waals surface area contributed by atoms with E-state index < -0.39 is 0 Å². The molecule has 0 amide bonds. The molecular weight excluding hydrogens is 316 g/mol. The Bertz CT molecular complexity index is 566. The summed E-state index contributed by atoms with van der Waals surface area (Å²) in [7, 11) is 0. The molecule has 138 valence electrons. The molecule has 0 N–H and O–H groups in total. The summed E-state index contributed by atoms with van der Waals surface area (Å²) in [6.07, 6.45) is 5.86. The first-order chi connectivity index (χ1) is 12.2.